The number of hydrogen-bond donors (Lipinski definition) is 0. The van der Waals surface area contributed by atoms with Gasteiger partial charge in [-0.3, -0.25) is 9.59 Å². The summed E-state index contributed by atoms with van der Waals surface area (Å²) in [6.45, 7) is 2.10. The van der Waals surface area contributed by atoms with E-state index in [0.717, 1.165) is 30.4 Å². The Kier molecular flexibility index (Phi) is 7.38. The Morgan fingerprint density at radius 1 is 1.03 bits per heavy atom. The number of ether oxygens (including phenoxy) is 2. The fourth-order valence-electron chi connectivity index (χ4n) is 4.78. The molecule has 5 nitrogen and oxygen atoms in total. The van der Waals surface area contributed by atoms with Gasteiger partial charge in [0.1, 0.15) is 12.2 Å². The first-order valence-electron chi connectivity index (χ1n) is 11.8. The number of carbonyl (C=O) groups is 3. The molecule has 1 saturated heterocycles. The van der Waals surface area contributed by atoms with Crippen LogP contribution in [-0.2, 0) is 19.1 Å². The Morgan fingerprint density at radius 3 is 2.48 bits per heavy atom. The third-order valence-electron chi connectivity index (χ3n) is 6.57. The molecule has 2 aromatic rings. The van der Waals surface area contributed by atoms with Gasteiger partial charge in [-0.1, -0.05) is 68.3 Å². The number of carbonyl (C=O) groups excluding carboxylic acids is 3. The van der Waals surface area contributed by atoms with Crippen LogP contribution in [0.1, 0.15) is 55.8 Å². The molecule has 2 aliphatic rings. The van der Waals surface area contributed by atoms with Crippen LogP contribution >= 0.6 is 0 Å². The predicted octanol–water partition coefficient (Wildman–Crippen LogP) is 5.54. The molecule has 1 saturated carbocycles. The molecule has 0 N–H and O–H groups in total. The Labute approximate surface area is 194 Å². The Hall–Kier alpha value is -3.21. The van der Waals surface area contributed by atoms with E-state index >= 15 is 0 Å². The van der Waals surface area contributed by atoms with Crippen LogP contribution in [0.5, 0.6) is 0 Å². The van der Waals surface area contributed by atoms with Gasteiger partial charge in [0, 0.05) is 24.7 Å². The first kappa shape index (κ1) is 23.0. The lowest BCUT2D eigenvalue weighted by atomic mass is 9.91. The van der Waals surface area contributed by atoms with E-state index < -0.39 is 12.1 Å². The van der Waals surface area contributed by atoms with E-state index in [0.29, 0.717) is 24.8 Å². The predicted molar refractivity (Wildman–Crippen MR) is 125 cm³/mol. The summed E-state index contributed by atoms with van der Waals surface area (Å²) >= 11 is 0. The van der Waals surface area contributed by atoms with Crippen LogP contribution in [0.4, 0.5) is 0 Å². The monoisotopic (exact) mass is 446 g/mol. The second-order valence-corrected chi connectivity index (χ2v) is 8.88. The molecule has 33 heavy (non-hydrogen) atoms. The molecule has 2 aromatic carbocycles. The Morgan fingerprint density at radius 2 is 1.76 bits per heavy atom. The highest BCUT2D eigenvalue weighted by atomic mass is 16.6. The zero-order chi connectivity index (χ0) is 23.2. The van der Waals surface area contributed by atoms with Gasteiger partial charge >= 0.3 is 11.9 Å². The van der Waals surface area contributed by atoms with Crippen molar-refractivity contribution in [3.63, 3.8) is 0 Å². The normalized spacial score (nSPS) is 24.0. The van der Waals surface area contributed by atoms with Gasteiger partial charge < -0.3 is 9.47 Å². The summed E-state index contributed by atoms with van der Waals surface area (Å²) in [7, 11) is 0. The summed E-state index contributed by atoms with van der Waals surface area (Å²) in [5.41, 5.74) is 2.58. The minimum atomic E-state index is -0.422. The van der Waals surface area contributed by atoms with E-state index in [9.17, 15) is 14.4 Å². The van der Waals surface area contributed by atoms with Gasteiger partial charge in [-0.25, -0.2) is 4.79 Å². The molecule has 0 aromatic heterocycles. The SMILES string of the molecule is CCCCCC(=O)C=CC1C(OC(=O)c2ccc(-c3ccccc3)cc2)CC2OC(=O)CC21. The molecule has 4 unspecified atom stereocenters. The van der Waals surface area contributed by atoms with Crippen LogP contribution in [0, 0.1) is 11.8 Å². The first-order chi connectivity index (χ1) is 16.0. The fourth-order valence-corrected chi connectivity index (χ4v) is 4.78. The van der Waals surface area contributed by atoms with Crippen molar-refractivity contribution in [3.8, 4) is 11.1 Å². The molecule has 1 aliphatic carbocycles. The second kappa shape index (κ2) is 10.6. The van der Waals surface area contributed by atoms with Crippen molar-refractivity contribution in [2.24, 2.45) is 11.8 Å². The molecule has 2 fully saturated rings. The molecule has 4 rings (SSSR count). The summed E-state index contributed by atoms with van der Waals surface area (Å²) in [4.78, 5) is 36.9. The quantitative estimate of drug-likeness (QED) is 0.287. The van der Waals surface area contributed by atoms with Crippen LogP contribution in [0.3, 0.4) is 0 Å². The number of benzene rings is 2. The molecule has 4 atom stereocenters. The van der Waals surface area contributed by atoms with E-state index in [1.807, 2.05) is 48.5 Å². The lowest BCUT2D eigenvalue weighted by molar-refractivity contribution is -0.141. The van der Waals surface area contributed by atoms with Crippen molar-refractivity contribution in [1.82, 2.24) is 0 Å². The molecule has 5 heteroatoms. The average molecular weight is 447 g/mol. The third-order valence-corrected chi connectivity index (χ3v) is 6.57. The van der Waals surface area contributed by atoms with E-state index in [4.69, 9.17) is 9.47 Å². The standard InChI is InChI=1S/C28H30O5/c1-2-3-5-10-22(29)15-16-23-24-17-27(30)32-26(24)18-25(23)33-28(31)21-13-11-20(12-14-21)19-8-6-4-7-9-19/h4,6-9,11-16,23-26H,2-3,5,10,17-18H2,1H3. The average Bonchev–Trinajstić information content (AvgIpc) is 3.33. The van der Waals surface area contributed by atoms with Gasteiger partial charge in [-0.05, 0) is 35.8 Å². The zero-order valence-electron chi connectivity index (χ0n) is 18.9. The number of esters is 2. The lowest BCUT2D eigenvalue weighted by Gasteiger charge is -2.20. The maximum absolute atomic E-state index is 12.9. The van der Waals surface area contributed by atoms with Crippen LogP contribution in [0.2, 0.25) is 0 Å². The summed E-state index contributed by atoms with van der Waals surface area (Å²) < 4.78 is 11.3. The van der Waals surface area contributed by atoms with Crippen molar-refractivity contribution in [1.29, 1.82) is 0 Å². The highest BCUT2D eigenvalue weighted by Crippen LogP contribution is 2.43. The fraction of sp³-hybridized carbons (Fsp3) is 0.393. The second-order valence-electron chi connectivity index (χ2n) is 8.88. The minimum Gasteiger partial charge on any atom is -0.462 e. The van der Waals surface area contributed by atoms with Crippen molar-refractivity contribution in [3.05, 3.63) is 72.3 Å². The maximum atomic E-state index is 12.9. The molecule has 0 spiro atoms. The molecule has 0 bridgehead atoms. The lowest BCUT2D eigenvalue weighted by Crippen LogP contribution is -2.25. The third kappa shape index (κ3) is 5.59. The van der Waals surface area contributed by atoms with E-state index in [1.165, 1.54) is 0 Å². The molecule has 0 amide bonds. The van der Waals surface area contributed by atoms with E-state index in [-0.39, 0.29) is 29.7 Å². The summed E-state index contributed by atoms with van der Waals surface area (Å²) in [6, 6.07) is 17.3. The molecule has 0 radical (unpaired) electrons. The topological polar surface area (TPSA) is 69.7 Å². The highest BCUT2D eigenvalue weighted by molar-refractivity contribution is 5.91. The van der Waals surface area contributed by atoms with E-state index in [1.54, 1.807) is 18.2 Å². The van der Waals surface area contributed by atoms with Crippen LogP contribution in [0.25, 0.3) is 11.1 Å². The van der Waals surface area contributed by atoms with Gasteiger partial charge in [0.15, 0.2) is 5.78 Å². The molecule has 1 heterocycles. The highest BCUT2D eigenvalue weighted by Gasteiger charge is 2.50. The number of hydrogen-bond acceptors (Lipinski definition) is 5. The van der Waals surface area contributed by atoms with Gasteiger partial charge in [-0.15, -0.1) is 0 Å². The van der Waals surface area contributed by atoms with Crippen LogP contribution in [-0.4, -0.2) is 29.9 Å². The first-order valence-corrected chi connectivity index (χ1v) is 11.8. The zero-order valence-corrected chi connectivity index (χ0v) is 18.9. The summed E-state index contributed by atoms with van der Waals surface area (Å²) in [5.74, 6) is -0.823. The molecular formula is C28H30O5. The molecule has 172 valence electrons. The Bertz CT molecular complexity index is 1010. The largest absolute Gasteiger partial charge is 0.462 e. The summed E-state index contributed by atoms with van der Waals surface area (Å²) in [5, 5.41) is 0. The van der Waals surface area contributed by atoms with Crippen molar-refractivity contribution >= 4 is 17.7 Å². The van der Waals surface area contributed by atoms with Gasteiger partial charge in [-0.2, -0.15) is 0 Å². The molecular weight excluding hydrogens is 416 g/mol. The van der Waals surface area contributed by atoms with Crippen molar-refractivity contribution < 1.29 is 23.9 Å². The number of fused-ring (bicyclic) bond motifs is 1. The minimum absolute atomic E-state index is 0.0598. The number of allylic oxidation sites excluding steroid dienone is 1. The number of ketones is 1. The van der Waals surface area contributed by atoms with Gasteiger partial charge in [0.2, 0.25) is 0 Å². The van der Waals surface area contributed by atoms with Crippen molar-refractivity contribution in [2.75, 3.05) is 0 Å². The van der Waals surface area contributed by atoms with Crippen LogP contribution < -0.4 is 0 Å². The summed E-state index contributed by atoms with van der Waals surface area (Å²) in [6.07, 6.45) is 6.97. The number of unbranched alkanes of at least 4 members (excludes halogenated alkanes) is 2. The van der Waals surface area contributed by atoms with E-state index in [2.05, 4.69) is 6.92 Å². The smallest absolute Gasteiger partial charge is 0.338 e. The molecule has 1 aliphatic heterocycles. The number of rotatable bonds is 9. The van der Waals surface area contributed by atoms with Crippen LogP contribution in [0.15, 0.2) is 66.7 Å². The van der Waals surface area contributed by atoms with Crippen molar-refractivity contribution in [2.45, 2.75) is 57.7 Å². The Balaban J connectivity index is 1.43. The maximum Gasteiger partial charge on any atom is 0.338 e. The van der Waals surface area contributed by atoms with Gasteiger partial charge in [0.05, 0.1) is 12.0 Å². The van der Waals surface area contributed by atoms with Gasteiger partial charge in [0.25, 0.3) is 0 Å².